The van der Waals surface area contributed by atoms with Crippen molar-refractivity contribution in [3.05, 3.63) is 29.8 Å². The van der Waals surface area contributed by atoms with E-state index in [1.54, 1.807) is 0 Å². The average molecular weight is 349 g/mol. The molecule has 0 bridgehead atoms. The van der Waals surface area contributed by atoms with Crippen molar-refractivity contribution in [3.63, 3.8) is 0 Å². The number of carbonyl (C=O) groups is 1. The van der Waals surface area contributed by atoms with Crippen molar-refractivity contribution in [2.45, 2.75) is 51.2 Å². The fourth-order valence-corrected chi connectivity index (χ4v) is 4.23. The van der Waals surface area contributed by atoms with Crippen LogP contribution in [0.25, 0.3) is 0 Å². The van der Waals surface area contributed by atoms with Gasteiger partial charge in [-0.25, -0.2) is 4.79 Å². The monoisotopic (exact) mass is 348 g/mol. The van der Waals surface area contributed by atoms with Crippen LogP contribution in [0.5, 0.6) is 5.75 Å². The average Bonchev–Trinajstić information content (AvgIpc) is 2.90. The summed E-state index contributed by atoms with van der Waals surface area (Å²) in [6.45, 7) is 2.27. The third kappa shape index (κ3) is 5.33. The van der Waals surface area contributed by atoms with E-state index in [9.17, 15) is 4.79 Å². The minimum atomic E-state index is 0.0519. The Morgan fingerprint density at radius 2 is 2.04 bits per heavy atom. The zero-order valence-corrected chi connectivity index (χ0v) is 15.2. The van der Waals surface area contributed by atoms with Gasteiger partial charge in [-0.3, -0.25) is 0 Å². The second-order valence-electron chi connectivity index (χ2n) is 6.64. The van der Waals surface area contributed by atoms with Gasteiger partial charge < -0.3 is 15.0 Å². The number of hydrogen-bond acceptors (Lipinski definition) is 3. The molecule has 1 aliphatic heterocycles. The third-order valence-corrected chi connectivity index (χ3v) is 5.76. The highest BCUT2D eigenvalue weighted by Gasteiger charge is 2.16. The fourth-order valence-electron chi connectivity index (χ4n) is 3.34. The van der Waals surface area contributed by atoms with Crippen LogP contribution in [-0.2, 0) is 6.54 Å². The number of rotatable bonds is 4. The summed E-state index contributed by atoms with van der Waals surface area (Å²) >= 11 is 1.93. The predicted octanol–water partition coefficient (Wildman–Crippen LogP) is 4.05. The maximum absolute atomic E-state index is 12.3. The number of thioether (sulfide) groups is 1. The molecule has 4 nitrogen and oxygen atoms in total. The Labute approximate surface area is 149 Å². The zero-order chi connectivity index (χ0) is 16.6. The van der Waals surface area contributed by atoms with Gasteiger partial charge in [-0.05, 0) is 55.6 Å². The first-order chi connectivity index (χ1) is 11.8. The number of benzene rings is 1. The first-order valence-corrected chi connectivity index (χ1v) is 10.3. The molecule has 2 aliphatic rings. The molecule has 3 rings (SSSR count). The number of amides is 2. The van der Waals surface area contributed by atoms with Gasteiger partial charge in [0.25, 0.3) is 0 Å². The predicted molar refractivity (Wildman–Crippen MR) is 99.7 cm³/mol. The molecule has 1 N–H and O–H groups in total. The lowest BCUT2D eigenvalue weighted by Gasteiger charge is -2.23. The maximum Gasteiger partial charge on any atom is 0.317 e. The standard InChI is InChI=1S/C19H28N2O2S/c22-19(21-10-5-12-24-13-11-21)20-15-16-6-4-9-18(14-16)23-17-7-2-1-3-8-17/h4,6,9,14,17H,1-3,5,7-8,10-13,15H2,(H,20,22). The highest BCUT2D eigenvalue weighted by Crippen LogP contribution is 2.24. The molecule has 2 fully saturated rings. The number of urea groups is 1. The second-order valence-corrected chi connectivity index (χ2v) is 7.86. The molecule has 1 aromatic rings. The Bertz CT molecular complexity index is 524. The van der Waals surface area contributed by atoms with E-state index >= 15 is 0 Å². The Morgan fingerprint density at radius 3 is 2.92 bits per heavy atom. The van der Waals surface area contributed by atoms with Crippen molar-refractivity contribution in [2.75, 3.05) is 24.6 Å². The summed E-state index contributed by atoms with van der Waals surface area (Å²) in [4.78, 5) is 14.2. The molecule has 24 heavy (non-hydrogen) atoms. The number of hydrogen-bond donors (Lipinski definition) is 1. The van der Waals surface area contributed by atoms with Gasteiger partial charge in [0.1, 0.15) is 5.75 Å². The number of carbonyl (C=O) groups excluding carboxylic acids is 1. The molecule has 0 unspecified atom stereocenters. The van der Waals surface area contributed by atoms with Crippen molar-refractivity contribution in [3.8, 4) is 5.75 Å². The van der Waals surface area contributed by atoms with E-state index in [0.29, 0.717) is 12.6 Å². The second kappa shape index (κ2) is 9.21. The van der Waals surface area contributed by atoms with Gasteiger partial charge in [0.05, 0.1) is 6.10 Å². The fraction of sp³-hybridized carbons (Fsp3) is 0.632. The summed E-state index contributed by atoms with van der Waals surface area (Å²) in [6, 6.07) is 8.20. The highest BCUT2D eigenvalue weighted by molar-refractivity contribution is 7.99. The van der Waals surface area contributed by atoms with Crippen LogP contribution in [0.1, 0.15) is 44.1 Å². The van der Waals surface area contributed by atoms with Crippen molar-refractivity contribution in [2.24, 2.45) is 0 Å². The van der Waals surface area contributed by atoms with E-state index < -0.39 is 0 Å². The Kier molecular flexibility index (Phi) is 6.70. The normalized spacial score (nSPS) is 19.6. The summed E-state index contributed by atoms with van der Waals surface area (Å²) in [5, 5.41) is 3.05. The quantitative estimate of drug-likeness (QED) is 0.892. The zero-order valence-electron chi connectivity index (χ0n) is 14.3. The number of ether oxygens (including phenoxy) is 1. The summed E-state index contributed by atoms with van der Waals surface area (Å²) in [5.74, 6) is 3.13. The van der Waals surface area contributed by atoms with Gasteiger partial charge >= 0.3 is 6.03 Å². The smallest absolute Gasteiger partial charge is 0.317 e. The topological polar surface area (TPSA) is 41.6 Å². The molecule has 0 spiro atoms. The van der Waals surface area contributed by atoms with E-state index in [4.69, 9.17) is 4.74 Å². The molecular formula is C19H28N2O2S. The molecule has 1 aliphatic carbocycles. The van der Waals surface area contributed by atoms with E-state index in [2.05, 4.69) is 11.4 Å². The van der Waals surface area contributed by atoms with Crippen LogP contribution in [-0.4, -0.2) is 41.6 Å². The van der Waals surface area contributed by atoms with Crippen molar-refractivity contribution >= 4 is 17.8 Å². The van der Waals surface area contributed by atoms with E-state index in [0.717, 1.165) is 55.2 Å². The summed E-state index contributed by atoms with van der Waals surface area (Å²) in [7, 11) is 0. The van der Waals surface area contributed by atoms with Crippen molar-refractivity contribution in [1.29, 1.82) is 0 Å². The molecule has 1 saturated heterocycles. The van der Waals surface area contributed by atoms with Gasteiger partial charge in [-0.2, -0.15) is 11.8 Å². The highest BCUT2D eigenvalue weighted by atomic mass is 32.2. The first-order valence-electron chi connectivity index (χ1n) is 9.17. The summed E-state index contributed by atoms with van der Waals surface area (Å²) < 4.78 is 6.11. The van der Waals surface area contributed by atoms with Crippen LogP contribution in [0, 0.1) is 0 Å². The molecule has 1 saturated carbocycles. The third-order valence-electron chi connectivity index (χ3n) is 4.71. The Hall–Kier alpha value is -1.36. The molecule has 1 heterocycles. The molecule has 0 aromatic heterocycles. The minimum Gasteiger partial charge on any atom is -0.490 e. The van der Waals surface area contributed by atoms with E-state index in [1.165, 1.54) is 19.3 Å². The largest absolute Gasteiger partial charge is 0.490 e. The maximum atomic E-state index is 12.3. The van der Waals surface area contributed by atoms with Crippen LogP contribution in [0.4, 0.5) is 4.79 Å². The van der Waals surface area contributed by atoms with E-state index in [-0.39, 0.29) is 6.03 Å². The Morgan fingerprint density at radius 1 is 1.17 bits per heavy atom. The molecule has 1 aromatic carbocycles. The molecule has 0 radical (unpaired) electrons. The van der Waals surface area contributed by atoms with Gasteiger partial charge in [0.15, 0.2) is 0 Å². The molecule has 132 valence electrons. The van der Waals surface area contributed by atoms with Crippen LogP contribution < -0.4 is 10.1 Å². The van der Waals surface area contributed by atoms with E-state index in [1.807, 2.05) is 34.9 Å². The van der Waals surface area contributed by atoms with Crippen molar-refractivity contribution < 1.29 is 9.53 Å². The number of nitrogens with one attached hydrogen (secondary N) is 1. The molecular weight excluding hydrogens is 320 g/mol. The van der Waals surface area contributed by atoms with Crippen LogP contribution in [0.3, 0.4) is 0 Å². The van der Waals surface area contributed by atoms with Crippen molar-refractivity contribution in [1.82, 2.24) is 10.2 Å². The van der Waals surface area contributed by atoms with Gasteiger partial charge in [-0.15, -0.1) is 0 Å². The summed E-state index contributed by atoms with van der Waals surface area (Å²) in [6.07, 6.45) is 7.65. The first kappa shape index (κ1) is 17.5. The van der Waals surface area contributed by atoms with Gasteiger partial charge in [0, 0.05) is 25.4 Å². The number of nitrogens with zero attached hydrogens (tertiary/aromatic N) is 1. The minimum absolute atomic E-state index is 0.0519. The van der Waals surface area contributed by atoms with Crippen LogP contribution in [0.15, 0.2) is 24.3 Å². The van der Waals surface area contributed by atoms with Crippen LogP contribution in [0.2, 0.25) is 0 Å². The Balaban J connectivity index is 1.49. The van der Waals surface area contributed by atoms with Crippen LogP contribution >= 0.6 is 11.8 Å². The lowest BCUT2D eigenvalue weighted by Crippen LogP contribution is -2.40. The molecule has 0 atom stereocenters. The van der Waals surface area contributed by atoms with Gasteiger partial charge in [-0.1, -0.05) is 18.6 Å². The molecule has 5 heteroatoms. The lowest BCUT2D eigenvalue weighted by atomic mass is 9.98. The molecule has 2 amide bonds. The van der Waals surface area contributed by atoms with Gasteiger partial charge in [0.2, 0.25) is 0 Å². The SMILES string of the molecule is O=C(NCc1cccc(OC2CCCCC2)c1)N1CCCSCC1. The summed E-state index contributed by atoms with van der Waals surface area (Å²) in [5.41, 5.74) is 1.10. The lowest BCUT2D eigenvalue weighted by molar-refractivity contribution is 0.155.